The monoisotopic (exact) mass is 275 g/mol. The third-order valence-electron chi connectivity index (χ3n) is 3.08. The molecule has 3 nitrogen and oxygen atoms in total. The van der Waals surface area contributed by atoms with Gasteiger partial charge in [-0.1, -0.05) is 36.4 Å². The van der Waals surface area contributed by atoms with E-state index in [1.807, 2.05) is 11.7 Å². The number of aromatic nitrogens is 2. The highest BCUT2D eigenvalue weighted by atomic mass is 32.2. The standard InChI is InChI=1S/C15H21N3S/c1-5-16-10-14-12(3)17-18(4)15(14)19-13-8-6-11(2)7-9-13/h6-9,16H,5,10H2,1-4H3. The summed E-state index contributed by atoms with van der Waals surface area (Å²) in [6.45, 7) is 8.16. The average molecular weight is 275 g/mol. The van der Waals surface area contributed by atoms with E-state index in [-0.39, 0.29) is 0 Å². The molecule has 0 unspecified atom stereocenters. The Morgan fingerprint density at radius 1 is 1.21 bits per heavy atom. The molecular weight excluding hydrogens is 254 g/mol. The maximum absolute atomic E-state index is 4.53. The molecule has 0 spiro atoms. The van der Waals surface area contributed by atoms with Crippen LogP contribution < -0.4 is 5.32 Å². The third kappa shape index (κ3) is 3.39. The van der Waals surface area contributed by atoms with Crippen molar-refractivity contribution in [3.63, 3.8) is 0 Å². The molecule has 0 aliphatic carbocycles. The van der Waals surface area contributed by atoms with E-state index < -0.39 is 0 Å². The molecule has 0 radical (unpaired) electrons. The lowest BCUT2D eigenvalue weighted by atomic mass is 10.2. The Morgan fingerprint density at radius 2 is 1.89 bits per heavy atom. The van der Waals surface area contributed by atoms with E-state index in [0.29, 0.717) is 0 Å². The number of nitrogens with zero attached hydrogens (tertiary/aromatic N) is 2. The minimum absolute atomic E-state index is 0.879. The Balaban J connectivity index is 2.25. The van der Waals surface area contributed by atoms with Gasteiger partial charge in [-0.3, -0.25) is 4.68 Å². The summed E-state index contributed by atoms with van der Waals surface area (Å²) in [6, 6.07) is 8.63. The SMILES string of the molecule is CCNCc1c(C)nn(C)c1Sc1ccc(C)cc1. The van der Waals surface area contributed by atoms with Gasteiger partial charge in [-0.05, 0) is 32.5 Å². The molecule has 0 fully saturated rings. The summed E-state index contributed by atoms with van der Waals surface area (Å²) in [5.74, 6) is 0. The molecule has 1 aromatic heterocycles. The first-order chi connectivity index (χ1) is 9.11. The summed E-state index contributed by atoms with van der Waals surface area (Å²) in [7, 11) is 2.01. The lowest BCUT2D eigenvalue weighted by Crippen LogP contribution is -2.12. The summed E-state index contributed by atoms with van der Waals surface area (Å²) in [5.41, 5.74) is 3.70. The first-order valence-electron chi connectivity index (χ1n) is 6.59. The molecule has 2 rings (SSSR count). The van der Waals surface area contributed by atoms with Gasteiger partial charge in [-0.15, -0.1) is 0 Å². The normalized spacial score (nSPS) is 10.9. The molecule has 0 aliphatic rings. The highest BCUT2D eigenvalue weighted by Crippen LogP contribution is 2.31. The van der Waals surface area contributed by atoms with Crippen LogP contribution in [-0.2, 0) is 13.6 Å². The molecular formula is C15H21N3S. The Bertz CT molecular complexity index is 543. The predicted molar refractivity (Wildman–Crippen MR) is 80.6 cm³/mol. The molecule has 0 saturated heterocycles. The van der Waals surface area contributed by atoms with Gasteiger partial charge in [0.05, 0.1) is 5.69 Å². The zero-order chi connectivity index (χ0) is 13.8. The molecule has 0 atom stereocenters. The minimum atomic E-state index is 0.879. The zero-order valence-electron chi connectivity index (χ0n) is 12.0. The maximum atomic E-state index is 4.53. The van der Waals surface area contributed by atoms with Crippen LogP contribution in [-0.4, -0.2) is 16.3 Å². The Hall–Kier alpha value is -1.26. The van der Waals surface area contributed by atoms with Crippen LogP contribution in [0.1, 0.15) is 23.7 Å². The van der Waals surface area contributed by atoms with E-state index in [2.05, 4.69) is 55.5 Å². The highest BCUT2D eigenvalue weighted by Gasteiger charge is 2.13. The van der Waals surface area contributed by atoms with Crippen molar-refractivity contribution in [2.75, 3.05) is 6.54 Å². The van der Waals surface area contributed by atoms with Gasteiger partial charge in [-0.2, -0.15) is 5.10 Å². The fourth-order valence-electron chi connectivity index (χ4n) is 1.98. The van der Waals surface area contributed by atoms with Crippen LogP contribution in [0.5, 0.6) is 0 Å². The summed E-state index contributed by atoms with van der Waals surface area (Å²) in [4.78, 5) is 1.26. The van der Waals surface area contributed by atoms with Gasteiger partial charge in [0.2, 0.25) is 0 Å². The van der Waals surface area contributed by atoms with Crippen molar-refractivity contribution in [3.8, 4) is 0 Å². The molecule has 4 heteroatoms. The van der Waals surface area contributed by atoms with Crippen molar-refractivity contribution in [2.45, 2.75) is 37.2 Å². The van der Waals surface area contributed by atoms with E-state index >= 15 is 0 Å². The lowest BCUT2D eigenvalue weighted by Gasteiger charge is -2.07. The molecule has 1 heterocycles. The van der Waals surface area contributed by atoms with Crippen LogP contribution in [0.2, 0.25) is 0 Å². The summed E-state index contributed by atoms with van der Waals surface area (Å²) in [5, 5.41) is 9.15. The van der Waals surface area contributed by atoms with Crippen molar-refractivity contribution in [2.24, 2.45) is 7.05 Å². The van der Waals surface area contributed by atoms with Crippen molar-refractivity contribution < 1.29 is 0 Å². The van der Waals surface area contributed by atoms with Gasteiger partial charge >= 0.3 is 0 Å². The first kappa shape index (κ1) is 14.2. The molecule has 2 aromatic rings. The van der Waals surface area contributed by atoms with Gasteiger partial charge in [0.25, 0.3) is 0 Å². The number of benzene rings is 1. The quantitative estimate of drug-likeness (QED) is 0.908. The minimum Gasteiger partial charge on any atom is -0.313 e. The van der Waals surface area contributed by atoms with E-state index in [4.69, 9.17) is 0 Å². The first-order valence-corrected chi connectivity index (χ1v) is 7.41. The Labute approximate surface area is 119 Å². The average Bonchev–Trinajstić information content (AvgIpc) is 2.65. The van der Waals surface area contributed by atoms with Crippen LogP contribution in [0.25, 0.3) is 0 Å². The fourth-order valence-corrected chi connectivity index (χ4v) is 2.99. The molecule has 1 aromatic carbocycles. The van der Waals surface area contributed by atoms with E-state index in [1.165, 1.54) is 21.0 Å². The van der Waals surface area contributed by atoms with Crippen LogP contribution in [0, 0.1) is 13.8 Å². The van der Waals surface area contributed by atoms with Crippen LogP contribution in [0.4, 0.5) is 0 Å². The Morgan fingerprint density at radius 3 is 2.53 bits per heavy atom. The second-order valence-electron chi connectivity index (χ2n) is 4.69. The topological polar surface area (TPSA) is 29.9 Å². The molecule has 0 bridgehead atoms. The second kappa shape index (κ2) is 6.26. The summed E-state index contributed by atoms with van der Waals surface area (Å²) < 4.78 is 1.98. The molecule has 0 aliphatic heterocycles. The van der Waals surface area contributed by atoms with Crippen molar-refractivity contribution in [1.82, 2.24) is 15.1 Å². The largest absolute Gasteiger partial charge is 0.313 e. The molecule has 1 N–H and O–H groups in total. The number of aryl methyl sites for hydroxylation is 3. The molecule has 102 valence electrons. The number of nitrogens with one attached hydrogen (secondary N) is 1. The van der Waals surface area contributed by atoms with Gasteiger partial charge < -0.3 is 5.32 Å². The fraction of sp³-hybridized carbons (Fsp3) is 0.400. The maximum Gasteiger partial charge on any atom is 0.103 e. The molecule has 19 heavy (non-hydrogen) atoms. The van der Waals surface area contributed by atoms with Crippen molar-refractivity contribution >= 4 is 11.8 Å². The van der Waals surface area contributed by atoms with Crippen molar-refractivity contribution in [1.29, 1.82) is 0 Å². The number of rotatable bonds is 5. The summed E-state index contributed by atoms with van der Waals surface area (Å²) >= 11 is 1.78. The molecule has 0 saturated carbocycles. The predicted octanol–water partition coefficient (Wildman–Crippen LogP) is 3.30. The van der Waals surface area contributed by atoms with Crippen molar-refractivity contribution in [3.05, 3.63) is 41.1 Å². The third-order valence-corrected chi connectivity index (χ3v) is 4.29. The van der Waals surface area contributed by atoms with Gasteiger partial charge in [-0.25, -0.2) is 0 Å². The van der Waals surface area contributed by atoms with Gasteiger partial charge in [0.15, 0.2) is 0 Å². The number of hydrogen-bond donors (Lipinski definition) is 1. The second-order valence-corrected chi connectivity index (χ2v) is 5.75. The van der Waals surface area contributed by atoms with Crippen LogP contribution in [0.3, 0.4) is 0 Å². The van der Waals surface area contributed by atoms with E-state index in [1.54, 1.807) is 11.8 Å². The Kier molecular flexibility index (Phi) is 4.66. The zero-order valence-corrected chi connectivity index (χ0v) is 12.8. The van der Waals surface area contributed by atoms with E-state index in [9.17, 15) is 0 Å². The van der Waals surface area contributed by atoms with E-state index in [0.717, 1.165) is 18.8 Å². The smallest absolute Gasteiger partial charge is 0.103 e. The van der Waals surface area contributed by atoms with Gasteiger partial charge in [0.1, 0.15) is 5.03 Å². The van der Waals surface area contributed by atoms with Gasteiger partial charge in [0, 0.05) is 24.1 Å². The highest BCUT2D eigenvalue weighted by molar-refractivity contribution is 7.99. The summed E-state index contributed by atoms with van der Waals surface area (Å²) in [6.07, 6.45) is 0. The van der Waals surface area contributed by atoms with Crippen LogP contribution in [0.15, 0.2) is 34.2 Å². The lowest BCUT2D eigenvalue weighted by molar-refractivity contribution is 0.674. The molecule has 0 amide bonds. The number of hydrogen-bond acceptors (Lipinski definition) is 3. The van der Waals surface area contributed by atoms with Crippen LogP contribution >= 0.6 is 11.8 Å².